The van der Waals surface area contributed by atoms with Gasteiger partial charge in [0.2, 0.25) is 0 Å². The minimum atomic E-state index is -0.331. The molecule has 0 aromatic rings. The van der Waals surface area contributed by atoms with Gasteiger partial charge < -0.3 is 11.5 Å². The molecule has 0 heterocycles. The highest BCUT2D eigenvalue weighted by molar-refractivity contribution is 5.13. The van der Waals surface area contributed by atoms with E-state index in [1.54, 1.807) is 6.08 Å². The predicted octanol–water partition coefficient (Wildman–Crippen LogP) is 1.70. The summed E-state index contributed by atoms with van der Waals surface area (Å²) in [6, 6.07) is 0. The summed E-state index contributed by atoms with van der Waals surface area (Å²) in [5, 5.41) is 0. The first kappa shape index (κ1) is 11.1. The molecule has 4 N–H and O–H groups in total. The minimum Gasteiger partial charge on any atom is -0.313 e. The topological polar surface area (TPSA) is 52.0 Å². The summed E-state index contributed by atoms with van der Waals surface area (Å²) in [4.78, 5) is 0. The molecule has 0 radical (unpaired) electrons. The second-order valence-corrected chi connectivity index (χ2v) is 2.87. The van der Waals surface area contributed by atoms with Crippen LogP contribution in [0.4, 0.5) is 0 Å². The maximum absolute atomic E-state index is 5.45. The quantitative estimate of drug-likeness (QED) is 0.371. The number of rotatable bonds is 5. The summed E-state index contributed by atoms with van der Waals surface area (Å²) < 4.78 is 0. The Kier molecular flexibility index (Phi) is 5.34. The van der Waals surface area contributed by atoms with Gasteiger partial charge in [-0.1, -0.05) is 30.9 Å². The second kappa shape index (κ2) is 5.75. The fourth-order valence-corrected chi connectivity index (χ4v) is 0.723. The first-order valence-corrected chi connectivity index (χ1v) is 4.06. The van der Waals surface area contributed by atoms with Gasteiger partial charge in [0.25, 0.3) is 0 Å². The Morgan fingerprint density at radius 1 is 1.50 bits per heavy atom. The molecule has 0 rings (SSSR count). The van der Waals surface area contributed by atoms with E-state index in [1.807, 2.05) is 13.0 Å². The molecule has 12 heavy (non-hydrogen) atoms. The molecular weight excluding hydrogens is 148 g/mol. The highest BCUT2D eigenvalue weighted by Crippen LogP contribution is 2.06. The summed E-state index contributed by atoms with van der Waals surface area (Å²) in [5.74, 6) is 0. The van der Waals surface area contributed by atoms with Crippen LogP contribution in [-0.2, 0) is 0 Å². The van der Waals surface area contributed by atoms with Crippen molar-refractivity contribution in [1.82, 2.24) is 0 Å². The highest BCUT2D eigenvalue weighted by atomic mass is 14.8. The van der Waals surface area contributed by atoms with Crippen LogP contribution in [-0.4, -0.2) is 6.17 Å². The number of hydrogen-bond acceptors (Lipinski definition) is 2. The Morgan fingerprint density at radius 2 is 2.08 bits per heavy atom. The molecule has 2 nitrogen and oxygen atoms in total. The third kappa shape index (κ3) is 4.88. The Bertz CT molecular complexity index is 190. The van der Waals surface area contributed by atoms with E-state index in [0.29, 0.717) is 0 Å². The molecule has 2 heteroatoms. The Morgan fingerprint density at radius 3 is 2.50 bits per heavy atom. The molecule has 0 aromatic heterocycles. The first-order chi connectivity index (χ1) is 5.57. The molecule has 0 fully saturated rings. The lowest BCUT2D eigenvalue weighted by atomic mass is 10.1. The molecule has 0 aliphatic heterocycles. The van der Waals surface area contributed by atoms with Crippen molar-refractivity contribution in [3.63, 3.8) is 0 Å². The molecule has 0 bridgehead atoms. The van der Waals surface area contributed by atoms with Crippen molar-refractivity contribution in [3.05, 3.63) is 36.5 Å². The van der Waals surface area contributed by atoms with Gasteiger partial charge in [0.15, 0.2) is 0 Å². The van der Waals surface area contributed by atoms with Crippen LogP contribution in [0, 0.1) is 0 Å². The molecule has 0 saturated heterocycles. The molecule has 0 atom stereocenters. The third-order valence-corrected chi connectivity index (χ3v) is 1.75. The molecule has 0 aliphatic rings. The SMILES string of the molecule is C=CC(=C)CCC=C(C)C(N)N. The van der Waals surface area contributed by atoms with Crippen LogP contribution in [0.1, 0.15) is 19.8 Å². The first-order valence-electron chi connectivity index (χ1n) is 4.06. The van der Waals surface area contributed by atoms with Crippen molar-refractivity contribution in [1.29, 1.82) is 0 Å². The molecule has 0 saturated carbocycles. The Hall–Kier alpha value is -0.860. The van der Waals surface area contributed by atoms with Crippen LogP contribution in [0.3, 0.4) is 0 Å². The standard InChI is InChI=1S/C10H18N2/c1-4-8(2)6-5-7-9(3)10(11)12/h4,7,10H,1-2,5-6,11-12H2,3H3. The van der Waals surface area contributed by atoms with Crippen molar-refractivity contribution >= 4 is 0 Å². The largest absolute Gasteiger partial charge is 0.313 e. The van der Waals surface area contributed by atoms with Crippen LogP contribution in [0.2, 0.25) is 0 Å². The maximum Gasteiger partial charge on any atom is 0.0740 e. The summed E-state index contributed by atoms with van der Waals surface area (Å²) in [5.41, 5.74) is 13.0. The van der Waals surface area contributed by atoms with Gasteiger partial charge in [-0.2, -0.15) is 0 Å². The van der Waals surface area contributed by atoms with Crippen molar-refractivity contribution in [2.75, 3.05) is 0 Å². The smallest absolute Gasteiger partial charge is 0.0740 e. The Labute approximate surface area is 74.6 Å². The normalized spacial score (nSPS) is 11.8. The fraction of sp³-hybridized carbons (Fsp3) is 0.400. The average Bonchev–Trinajstić information content (AvgIpc) is 2.03. The fourth-order valence-electron chi connectivity index (χ4n) is 0.723. The monoisotopic (exact) mass is 166 g/mol. The second-order valence-electron chi connectivity index (χ2n) is 2.87. The molecule has 0 aliphatic carbocycles. The van der Waals surface area contributed by atoms with Gasteiger partial charge in [0, 0.05) is 0 Å². The number of nitrogens with two attached hydrogens (primary N) is 2. The molecule has 0 unspecified atom stereocenters. The molecule has 0 aromatic carbocycles. The average molecular weight is 166 g/mol. The summed E-state index contributed by atoms with van der Waals surface area (Å²) >= 11 is 0. The zero-order valence-electron chi connectivity index (χ0n) is 7.72. The van der Waals surface area contributed by atoms with Gasteiger partial charge in [-0.15, -0.1) is 0 Å². The number of allylic oxidation sites excluding steroid dienone is 3. The molecular formula is C10H18N2. The van der Waals surface area contributed by atoms with Crippen molar-refractivity contribution in [2.24, 2.45) is 11.5 Å². The lowest BCUT2D eigenvalue weighted by Gasteiger charge is -2.04. The van der Waals surface area contributed by atoms with Crippen LogP contribution in [0.15, 0.2) is 36.5 Å². The van der Waals surface area contributed by atoms with Crippen molar-refractivity contribution < 1.29 is 0 Å². The van der Waals surface area contributed by atoms with Crippen molar-refractivity contribution in [2.45, 2.75) is 25.9 Å². The minimum absolute atomic E-state index is 0.331. The zero-order valence-corrected chi connectivity index (χ0v) is 7.72. The maximum atomic E-state index is 5.45. The van der Waals surface area contributed by atoms with E-state index in [2.05, 4.69) is 13.2 Å². The molecule has 0 spiro atoms. The van der Waals surface area contributed by atoms with Gasteiger partial charge in [-0.25, -0.2) is 0 Å². The van der Waals surface area contributed by atoms with Gasteiger partial charge >= 0.3 is 0 Å². The van der Waals surface area contributed by atoms with Crippen LogP contribution >= 0.6 is 0 Å². The predicted molar refractivity (Wildman–Crippen MR) is 54.5 cm³/mol. The van der Waals surface area contributed by atoms with E-state index in [-0.39, 0.29) is 6.17 Å². The lowest BCUT2D eigenvalue weighted by Crippen LogP contribution is -2.31. The third-order valence-electron chi connectivity index (χ3n) is 1.75. The van der Waals surface area contributed by atoms with E-state index in [4.69, 9.17) is 11.5 Å². The number of hydrogen-bond donors (Lipinski definition) is 2. The van der Waals surface area contributed by atoms with Crippen LogP contribution in [0.25, 0.3) is 0 Å². The summed E-state index contributed by atoms with van der Waals surface area (Å²) in [7, 11) is 0. The van der Waals surface area contributed by atoms with Crippen molar-refractivity contribution in [3.8, 4) is 0 Å². The Balaban J connectivity index is 3.74. The van der Waals surface area contributed by atoms with E-state index < -0.39 is 0 Å². The molecule has 0 amide bonds. The zero-order chi connectivity index (χ0) is 9.56. The van der Waals surface area contributed by atoms with Gasteiger partial charge in [0.1, 0.15) is 0 Å². The summed E-state index contributed by atoms with van der Waals surface area (Å²) in [6.07, 6.45) is 5.34. The van der Waals surface area contributed by atoms with Crippen LogP contribution in [0.5, 0.6) is 0 Å². The van der Waals surface area contributed by atoms with E-state index >= 15 is 0 Å². The van der Waals surface area contributed by atoms with Gasteiger partial charge in [-0.3, -0.25) is 0 Å². The summed E-state index contributed by atoms with van der Waals surface area (Å²) in [6.45, 7) is 9.36. The highest BCUT2D eigenvalue weighted by Gasteiger charge is 1.95. The van der Waals surface area contributed by atoms with E-state index in [1.165, 1.54) is 0 Å². The molecule has 68 valence electrons. The van der Waals surface area contributed by atoms with E-state index in [9.17, 15) is 0 Å². The van der Waals surface area contributed by atoms with E-state index in [0.717, 1.165) is 24.0 Å². The van der Waals surface area contributed by atoms with Crippen LogP contribution < -0.4 is 11.5 Å². The lowest BCUT2D eigenvalue weighted by molar-refractivity contribution is 0.805. The van der Waals surface area contributed by atoms with Gasteiger partial charge in [0.05, 0.1) is 6.17 Å². The van der Waals surface area contributed by atoms with Gasteiger partial charge in [-0.05, 0) is 25.3 Å².